The van der Waals surface area contributed by atoms with Crippen LogP contribution in [-0.2, 0) is 11.3 Å². The van der Waals surface area contributed by atoms with Gasteiger partial charge < -0.3 is 15.5 Å². The lowest BCUT2D eigenvalue weighted by Gasteiger charge is -2.38. The van der Waals surface area contributed by atoms with Gasteiger partial charge in [0.05, 0.1) is 0 Å². The number of carbonyl (C=O) groups excluding carboxylic acids is 1. The molecule has 0 saturated heterocycles. The van der Waals surface area contributed by atoms with E-state index in [9.17, 15) is 4.79 Å². The molecule has 0 spiro atoms. The molecule has 1 saturated carbocycles. The van der Waals surface area contributed by atoms with Gasteiger partial charge in [0.1, 0.15) is 0 Å². The molecule has 148 valence electrons. The van der Waals surface area contributed by atoms with Crippen LogP contribution in [0.4, 0.5) is 5.69 Å². The van der Waals surface area contributed by atoms with Crippen LogP contribution in [0.5, 0.6) is 0 Å². The Morgan fingerprint density at radius 3 is 2.50 bits per heavy atom. The van der Waals surface area contributed by atoms with Crippen LogP contribution in [0.1, 0.15) is 51.0 Å². The highest BCUT2D eigenvalue weighted by molar-refractivity contribution is 5.85. The van der Waals surface area contributed by atoms with Gasteiger partial charge in [-0.25, -0.2) is 0 Å². The van der Waals surface area contributed by atoms with Gasteiger partial charge in [-0.05, 0) is 43.4 Å². The summed E-state index contributed by atoms with van der Waals surface area (Å²) in [6.07, 6.45) is 6.53. The van der Waals surface area contributed by atoms with Gasteiger partial charge in [0.15, 0.2) is 0 Å². The topological polar surface area (TPSA) is 49.6 Å². The molecule has 0 radical (unpaired) electrons. The first kappa shape index (κ1) is 23.1. The van der Waals surface area contributed by atoms with E-state index in [4.69, 9.17) is 5.73 Å². The lowest BCUT2D eigenvalue weighted by atomic mass is 9.71. The van der Waals surface area contributed by atoms with Crippen molar-refractivity contribution in [3.05, 3.63) is 29.8 Å². The highest BCUT2D eigenvalue weighted by atomic mass is 35.5. The Morgan fingerprint density at radius 1 is 1.19 bits per heavy atom. The SMILES string of the molecule is CC1CN(C)c2ccccc2CN1C(=O)CC1(CN)CCCCC1.Cl.Cl. The molecule has 1 fully saturated rings. The maximum Gasteiger partial charge on any atom is 0.223 e. The molecule has 26 heavy (non-hydrogen) atoms. The summed E-state index contributed by atoms with van der Waals surface area (Å²) < 4.78 is 0. The van der Waals surface area contributed by atoms with Gasteiger partial charge in [-0.2, -0.15) is 0 Å². The van der Waals surface area contributed by atoms with Crippen molar-refractivity contribution in [2.24, 2.45) is 11.1 Å². The zero-order chi connectivity index (χ0) is 17.2. The molecule has 6 heteroatoms. The third-order valence-corrected chi connectivity index (χ3v) is 6.01. The fraction of sp³-hybridized carbons (Fsp3) is 0.650. The smallest absolute Gasteiger partial charge is 0.223 e. The van der Waals surface area contributed by atoms with Crippen LogP contribution in [0, 0.1) is 5.41 Å². The predicted molar refractivity (Wildman–Crippen MR) is 113 cm³/mol. The number of anilines is 1. The van der Waals surface area contributed by atoms with Crippen LogP contribution in [0.25, 0.3) is 0 Å². The van der Waals surface area contributed by atoms with Crippen molar-refractivity contribution in [1.29, 1.82) is 0 Å². The minimum atomic E-state index is 0. The van der Waals surface area contributed by atoms with Gasteiger partial charge in [-0.1, -0.05) is 37.5 Å². The number of para-hydroxylation sites is 1. The third kappa shape index (κ3) is 4.85. The fourth-order valence-electron chi connectivity index (χ4n) is 4.46. The Kier molecular flexibility index (Phi) is 8.71. The summed E-state index contributed by atoms with van der Waals surface area (Å²) >= 11 is 0. The first-order valence-corrected chi connectivity index (χ1v) is 9.33. The Bertz CT molecular complexity index is 590. The Balaban J connectivity index is 0.00000169. The third-order valence-electron chi connectivity index (χ3n) is 6.01. The van der Waals surface area contributed by atoms with Crippen molar-refractivity contribution in [3.63, 3.8) is 0 Å². The van der Waals surface area contributed by atoms with Crippen LogP contribution in [-0.4, -0.2) is 37.0 Å². The van der Waals surface area contributed by atoms with E-state index in [2.05, 4.69) is 48.0 Å². The lowest BCUT2D eigenvalue weighted by molar-refractivity contribution is -0.136. The van der Waals surface area contributed by atoms with Gasteiger partial charge in [0, 0.05) is 38.3 Å². The number of halogens is 2. The summed E-state index contributed by atoms with van der Waals surface area (Å²) in [5.41, 5.74) is 8.62. The molecule has 1 amide bonds. The normalized spacial score (nSPS) is 21.7. The first-order chi connectivity index (χ1) is 11.5. The zero-order valence-electron chi connectivity index (χ0n) is 15.9. The fourth-order valence-corrected chi connectivity index (χ4v) is 4.46. The van der Waals surface area contributed by atoms with Crippen molar-refractivity contribution < 1.29 is 4.79 Å². The number of benzene rings is 1. The molecule has 0 bridgehead atoms. The summed E-state index contributed by atoms with van der Waals surface area (Å²) in [6.45, 7) is 4.38. The highest BCUT2D eigenvalue weighted by Crippen LogP contribution is 2.39. The number of hydrogen-bond acceptors (Lipinski definition) is 3. The number of nitrogens with zero attached hydrogens (tertiary/aromatic N) is 2. The molecule has 1 aromatic rings. The van der Waals surface area contributed by atoms with Crippen molar-refractivity contribution in [3.8, 4) is 0 Å². The van der Waals surface area contributed by atoms with Gasteiger partial charge in [0.2, 0.25) is 5.91 Å². The average Bonchev–Trinajstić information content (AvgIpc) is 2.72. The number of carbonyl (C=O) groups is 1. The van der Waals surface area contributed by atoms with Gasteiger partial charge >= 0.3 is 0 Å². The van der Waals surface area contributed by atoms with Crippen LogP contribution >= 0.6 is 24.8 Å². The Morgan fingerprint density at radius 2 is 1.85 bits per heavy atom. The number of amides is 1. The van der Waals surface area contributed by atoms with Gasteiger partial charge in [-0.3, -0.25) is 4.79 Å². The second kappa shape index (κ2) is 9.82. The second-order valence-electron chi connectivity index (χ2n) is 7.82. The van der Waals surface area contributed by atoms with Crippen molar-refractivity contribution in [2.75, 3.05) is 25.0 Å². The maximum atomic E-state index is 13.2. The average molecular weight is 402 g/mol. The van der Waals surface area contributed by atoms with E-state index in [1.165, 1.54) is 30.5 Å². The molecule has 2 aliphatic rings. The lowest BCUT2D eigenvalue weighted by Crippen LogP contribution is -2.45. The van der Waals surface area contributed by atoms with E-state index in [-0.39, 0.29) is 42.2 Å². The van der Waals surface area contributed by atoms with E-state index in [0.29, 0.717) is 19.5 Å². The molecule has 1 aliphatic carbocycles. The van der Waals surface area contributed by atoms with Gasteiger partial charge in [0.25, 0.3) is 0 Å². The summed E-state index contributed by atoms with van der Waals surface area (Å²) in [7, 11) is 2.12. The predicted octanol–water partition coefficient (Wildman–Crippen LogP) is 4.00. The molecule has 1 aliphatic heterocycles. The molecule has 1 aromatic carbocycles. The number of hydrogen-bond donors (Lipinski definition) is 1. The minimum Gasteiger partial charge on any atom is -0.372 e. The van der Waals surface area contributed by atoms with Crippen LogP contribution in [0.2, 0.25) is 0 Å². The summed E-state index contributed by atoms with van der Waals surface area (Å²) in [4.78, 5) is 17.5. The molecule has 1 unspecified atom stereocenters. The van der Waals surface area contributed by atoms with Crippen LogP contribution in [0.3, 0.4) is 0 Å². The van der Waals surface area contributed by atoms with E-state index >= 15 is 0 Å². The molecule has 1 heterocycles. The standard InChI is InChI=1S/C20H31N3O.2ClH/c1-16-13-22(2)18-9-5-4-8-17(18)14-23(16)19(24)12-20(15-21)10-6-3-7-11-20;;/h4-5,8-9,16H,3,6-7,10-15,21H2,1-2H3;2*1H. The largest absolute Gasteiger partial charge is 0.372 e. The van der Waals surface area contributed by atoms with E-state index in [1.54, 1.807) is 0 Å². The summed E-state index contributed by atoms with van der Waals surface area (Å²) in [5, 5.41) is 0. The molecule has 4 nitrogen and oxygen atoms in total. The summed E-state index contributed by atoms with van der Waals surface area (Å²) in [6, 6.07) is 8.65. The number of likely N-dealkylation sites (N-methyl/N-ethyl adjacent to an activating group) is 1. The van der Waals surface area contributed by atoms with Crippen molar-refractivity contribution in [2.45, 2.75) is 58.0 Å². The van der Waals surface area contributed by atoms with Crippen molar-refractivity contribution in [1.82, 2.24) is 4.90 Å². The highest BCUT2D eigenvalue weighted by Gasteiger charge is 2.36. The molecular weight excluding hydrogens is 369 g/mol. The second-order valence-corrected chi connectivity index (χ2v) is 7.82. The van der Waals surface area contributed by atoms with Crippen LogP contribution < -0.4 is 10.6 Å². The number of nitrogens with two attached hydrogens (primary N) is 1. The molecule has 3 rings (SSSR count). The molecule has 1 atom stereocenters. The Labute approximate surface area is 170 Å². The molecular formula is C20H33Cl2N3O. The van der Waals surface area contributed by atoms with E-state index in [0.717, 1.165) is 19.4 Å². The van der Waals surface area contributed by atoms with Gasteiger partial charge in [-0.15, -0.1) is 24.8 Å². The van der Waals surface area contributed by atoms with Crippen LogP contribution in [0.15, 0.2) is 24.3 Å². The van der Waals surface area contributed by atoms with E-state index < -0.39 is 0 Å². The number of rotatable bonds is 3. The maximum absolute atomic E-state index is 13.2. The first-order valence-electron chi connectivity index (χ1n) is 9.33. The molecule has 0 aromatic heterocycles. The molecule has 2 N–H and O–H groups in total. The quantitative estimate of drug-likeness (QED) is 0.832. The minimum absolute atomic E-state index is 0. The van der Waals surface area contributed by atoms with E-state index in [1.807, 2.05) is 0 Å². The number of fused-ring (bicyclic) bond motifs is 1. The van der Waals surface area contributed by atoms with Crippen molar-refractivity contribution >= 4 is 36.4 Å². The monoisotopic (exact) mass is 401 g/mol. The summed E-state index contributed by atoms with van der Waals surface area (Å²) in [5.74, 6) is 0.278. The zero-order valence-corrected chi connectivity index (χ0v) is 17.6. The Hall–Kier alpha value is -0.970.